The molecule has 8 aromatic carbocycles. The zero-order valence-corrected chi connectivity index (χ0v) is 33.6. The average molecular weight is 789 g/mol. The Morgan fingerprint density at radius 3 is 1.24 bits per heavy atom. The fourth-order valence-electron chi connectivity index (χ4n) is 8.75. The van der Waals surface area contributed by atoms with E-state index in [1.54, 1.807) is 0 Å². The number of hydrogen-bond donors (Lipinski definition) is 0. The Hall–Kier alpha value is -8.34. The fourth-order valence-corrected chi connectivity index (χ4v) is 8.75. The van der Waals surface area contributed by atoms with Gasteiger partial charge in [0.25, 0.3) is 0 Å². The van der Waals surface area contributed by atoms with Gasteiger partial charge in [0.1, 0.15) is 0 Å². The second-order valence-corrected chi connectivity index (χ2v) is 15.9. The number of rotatable bonds is 6. The first kappa shape index (κ1) is 35.6. The van der Waals surface area contributed by atoms with Gasteiger partial charge in [-0.3, -0.25) is 4.98 Å². The van der Waals surface area contributed by atoms with Crippen LogP contribution in [0.15, 0.2) is 219 Å². The summed E-state index contributed by atoms with van der Waals surface area (Å²) in [6, 6.07) is 75.2. The van der Waals surface area contributed by atoms with Crippen molar-refractivity contribution in [1.29, 1.82) is 0 Å². The van der Waals surface area contributed by atoms with Crippen molar-refractivity contribution in [3.63, 3.8) is 0 Å². The first-order chi connectivity index (χ1) is 30.6. The first-order valence-electron chi connectivity index (χ1n) is 20.9. The van der Waals surface area contributed by atoms with Gasteiger partial charge >= 0.3 is 0 Å². The van der Waals surface area contributed by atoms with Crippen LogP contribution in [0.3, 0.4) is 0 Å². The summed E-state index contributed by atoms with van der Waals surface area (Å²) in [7, 11) is 0. The predicted octanol–water partition coefficient (Wildman–Crippen LogP) is 15.0. The molecule has 0 radical (unpaired) electrons. The van der Waals surface area contributed by atoms with Gasteiger partial charge < -0.3 is 0 Å². The summed E-state index contributed by atoms with van der Waals surface area (Å²) >= 11 is 0. The molecule has 4 heterocycles. The van der Waals surface area contributed by atoms with Crippen LogP contribution >= 0.6 is 0 Å². The van der Waals surface area contributed by atoms with Gasteiger partial charge in [-0.1, -0.05) is 133 Å². The van der Waals surface area contributed by atoms with Gasteiger partial charge in [-0.2, -0.15) is 0 Å². The van der Waals surface area contributed by atoms with Crippen LogP contribution in [-0.4, -0.2) is 19.9 Å². The number of benzene rings is 8. The van der Waals surface area contributed by atoms with Crippen molar-refractivity contribution >= 4 is 54.4 Å². The van der Waals surface area contributed by atoms with E-state index in [1.165, 1.54) is 22.3 Å². The lowest BCUT2D eigenvalue weighted by molar-refractivity contribution is 1.37. The van der Waals surface area contributed by atoms with Crippen LogP contribution in [0.25, 0.3) is 122 Å². The Morgan fingerprint density at radius 1 is 0.226 bits per heavy atom. The highest BCUT2D eigenvalue weighted by atomic mass is 14.8. The van der Waals surface area contributed by atoms with Crippen molar-refractivity contribution in [2.45, 2.75) is 0 Å². The molecule has 12 aromatic rings. The third-order valence-corrected chi connectivity index (χ3v) is 12.0. The number of hydrogen-bond acceptors (Lipinski definition) is 4. The lowest BCUT2D eigenvalue weighted by Crippen LogP contribution is -1.90. The number of aromatic nitrogens is 4. The predicted molar refractivity (Wildman–Crippen MR) is 258 cm³/mol. The molecule has 0 unspecified atom stereocenters. The Balaban J connectivity index is 0.816. The van der Waals surface area contributed by atoms with Gasteiger partial charge in [0.05, 0.1) is 39.1 Å². The molecular weight excluding hydrogens is 753 g/mol. The van der Waals surface area contributed by atoms with Crippen molar-refractivity contribution in [1.82, 2.24) is 19.9 Å². The molecule has 0 spiro atoms. The molecule has 4 aromatic heterocycles. The minimum Gasteiger partial charge on any atom is -0.254 e. The number of nitrogens with zero attached hydrogens (tertiary/aromatic N) is 4. The van der Waals surface area contributed by atoms with Crippen LogP contribution in [0.2, 0.25) is 0 Å². The summed E-state index contributed by atoms with van der Waals surface area (Å²) in [6.45, 7) is 0. The highest BCUT2D eigenvalue weighted by Crippen LogP contribution is 2.35. The summed E-state index contributed by atoms with van der Waals surface area (Å²) in [4.78, 5) is 20.0. The molecule has 0 aliphatic rings. The van der Waals surface area contributed by atoms with Gasteiger partial charge in [0.2, 0.25) is 0 Å². The average Bonchev–Trinajstić information content (AvgIpc) is 3.35. The molecule has 0 atom stereocenters. The third kappa shape index (κ3) is 6.51. The topological polar surface area (TPSA) is 51.6 Å². The van der Waals surface area contributed by atoms with Crippen LogP contribution in [-0.2, 0) is 0 Å². The van der Waals surface area contributed by atoms with E-state index in [9.17, 15) is 0 Å². The molecule has 0 bridgehead atoms. The van der Waals surface area contributed by atoms with Gasteiger partial charge in [-0.25, -0.2) is 15.0 Å². The molecule has 0 N–H and O–H groups in total. The van der Waals surface area contributed by atoms with E-state index in [2.05, 4.69) is 211 Å². The molecular formula is C58H36N4. The van der Waals surface area contributed by atoms with Gasteiger partial charge in [-0.05, 0) is 123 Å². The van der Waals surface area contributed by atoms with Crippen LogP contribution in [0.5, 0.6) is 0 Å². The second-order valence-electron chi connectivity index (χ2n) is 15.9. The van der Waals surface area contributed by atoms with Crippen molar-refractivity contribution < 1.29 is 0 Å². The smallest absolute Gasteiger partial charge is 0.0972 e. The van der Waals surface area contributed by atoms with E-state index in [0.717, 1.165) is 99.3 Å². The Labute approximate surface area is 358 Å². The van der Waals surface area contributed by atoms with Crippen LogP contribution in [0.4, 0.5) is 0 Å². The molecule has 288 valence electrons. The minimum atomic E-state index is 0.925. The molecule has 0 saturated heterocycles. The lowest BCUT2D eigenvalue weighted by atomic mass is 9.94. The second kappa shape index (κ2) is 14.7. The van der Waals surface area contributed by atoms with E-state index in [0.29, 0.717) is 0 Å². The lowest BCUT2D eigenvalue weighted by Gasteiger charge is -2.12. The standard InChI is InChI=1S/C58H36N4/c1-3-8-37(9-4-1)49-34-50(38-10-5-2-6-11-38)36-51(35-49)56-28-23-48-33-44(21-26-53(48)61-56)43-20-25-52-47(32-43)22-27-54(60-52)45-17-15-42-31-46(18-16-41(42)30-45)55-24-19-40-14-13-39-12-7-29-59-57(39)58(40)62-55/h1-36H. The highest BCUT2D eigenvalue weighted by molar-refractivity contribution is 6.03. The maximum Gasteiger partial charge on any atom is 0.0972 e. The Morgan fingerprint density at radius 2 is 0.661 bits per heavy atom. The molecule has 12 rings (SSSR count). The summed E-state index contributed by atoms with van der Waals surface area (Å²) < 4.78 is 0. The summed E-state index contributed by atoms with van der Waals surface area (Å²) in [5.41, 5.74) is 16.9. The van der Waals surface area contributed by atoms with Crippen LogP contribution in [0, 0.1) is 0 Å². The summed E-state index contributed by atoms with van der Waals surface area (Å²) in [5, 5.41) is 6.70. The highest BCUT2D eigenvalue weighted by Gasteiger charge is 2.12. The van der Waals surface area contributed by atoms with Crippen molar-refractivity contribution in [3.05, 3.63) is 219 Å². The number of fused-ring (bicyclic) bond motifs is 6. The van der Waals surface area contributed by atoms with Crippen LogP contribution in [0.1, 0.15) is 0 Å². The molecule has 0 fully saturated rings. The number of pyridine rings is 4. The van der Waals surface area contributed by atoms with Gasteiger partial charge in [-0.15, -0.1) is 0 Å². The monoisotopic (exact) mass is 788 g/mol. The van der Waals surface area contributed by atoms with E-state index in [1.807, 2.05) is 12.3 Å². The third-order valence-electron chi connectivity index (χ3n) is 12.0. The molecule has 4 heteroatoms. The molecule has 0 saturated carbocycles. The molecule has 0 aliphatic carbocycles. The maximum absolute atomic E-state index is 5.18. The molecule has 0 aliphatic heterocycles. The zero-order chi connectivity index (χ0) is 41.0. The quantitative estimate of drug-likeness (QED) is 0.158. The van der Waals surface area contributed by atoms with E-state index in [-0.39, 0.29) is 0 Å². The van der Waals surface area contributed by atoms with Crippen LogP contribution < -0.4 is 0 Å². The fraction of sp³-hybridized carbons (Fsp3) is 0. The van der Waals surface area contributed by atoms with Crippen molar-refractivity contribution in [3.8, 4) is 67.2 Å². The Kier molecular flexibility index (Phi) is 8.46. The maximum atomic E-state index is 5.18. The minimum absolute atomic E-state index is 0.925. The first-order valence-corrected chi connectivity index (χ1v) is 20.9. The summed E-state index contributed by atoms with van der Waals surface area (Å²) in [6.07, 6.45) is 1.83. The normalized spacial score (nSPS) is 11.5. The van der Waals surface area contributed by atoms with E-state index >= 15 is 0 Å². The van der Waals surface area contributed by atoms with Crippen molar-refractivity contribution in [2.75, 3.05) is 0 Å². The summed E-state index contributed by atoms with van der Waals surface area (Å²) in [5.74, 6) is 0. The Bertz CT molecular complexity index is 3630. The SMILES string of the molecule is c1ccc(-c2cc(-c3ccccc3)cc(-c3ccc4cc(-c5ccc6nc(-c7ccc8cc(-c9ccc%10ccc%11cccnc%11c%10n9)ccc8c7)ccc6c5)ccc4n3)c2)cc1. The van der Waals surface area contributed by atoms with E-state index < -0.39 is 0 Å². The molecule has 4 nitrogen and oxygen atoms in total. The molecule has 62 heavy (non-hydrogen) atoms. The van der Waals surface area contributed by atoms with Crippen molar-refractivity contribution in [2.24, 2.45) is 0 Å². The zero-order valence-electron chi connectivity index (χ0n) is 33.6. The largest absolute Gasteiger partial charge is 0.254 e. The van der Waals surface area contributed by atoms with Gasteiger partial charge in [0, 0.05) is 44.4 Å². The molecule has 0 amide bonds. The van der Waals surface area contributed by atoms with Gasteiger partial charge in [0.15, 0.2) is 0 Å². The van der Waals surface area contributed by atoms with E-state index in [4.69, 9.17) is 15.0 Å².